The molecule has 1 aromatic rings. The van der Waals surface area contributed by atoms with Gasteiger partial charge in [0.2, 0.25) is 0 Å². The van der Waals surface area contributed by atoms with E-state index in [-0.39, 0.29) is 6.04 Å². The van der Waals surface area contributed by atoms with Crippen LogP contribution in [-0.4, -0.2) is 11.2 Å². The van der Waals surface area contributed by atoms with Gasteiger partial charge in [0.1, 0.15) is 0 Å². The van der Waals surface area contributed by atoms with Crippen LogP contribution in [0.4, 0.5) is 0 Å². The van der Waals surface area contributed by atoms with Gasteiger partial charge in [-0.3, -0.25) is 0 Å². The summed E-state index contributed by atoms with van der Waals surface area (Å²) in [6, 6.07) is 4.35. The lowest BCUT2D eigenvalue weighted by Gasteiger charge is -2.25. The molecule has 1 aliphatic heterocycles. The molecule has 0 fully saturated rings. The number of nitrogens with one attached hydrogen (secondary N) is 2. The van der Waals surface area contributed by atoms with E-state index in [4.69, 9.17) is 12.2 Å². The first-order chi connectivity index (χ1) is 8.33. The van der Waals surface area contributed by atoms with E-state index >= 15 is 0 Å². The van der Waals surface area contributed by atoms with Crippen molar-refractivity contribution in [1.82, 2.24) is 10.6 Å². The minimum Gasteiger partial charge on any atom is -0.352 e. The second kappa shape index (κ2) is 4.47. The van der Waals surface area contributed by atoms with Crippen molar-refractivity contribution in [1.29, 1.82) is 0 Å². The zero-order valence-corrected chi connectivity index (χ0v) is 10.8. The van der Waals surface area contributed by atoms with E-state index in [0.717, 1.165) is 12.1 Å². The smallest absolute Gasteiger partial charge is 0.171 e. The van der Waals surface area contributed by atoms with Gasteiger partial charge in [-0.2, -0.15) is 0 Å². The van der Waals surface area contributed by atoms with Crippen molar-refractivity contribution in [2.24, 2.45) is 0 Å². The maximum Gasteiger partial charge on any atom is 0.171 e. The Kier molecular flexibility index (Phi) is 2.82. The Morgan fingerprint density at radius 2 is 2.35 bits per heavy atom. The molecule has 2 aliphatic rings. The van der Waals surface area contributed by atoms with Crippen molar-refractivity contribution < 1.29 is 0 Å². The third-order valence-electron chi connectivity index (χ3n) is 2.81. The van der Waals surface area contributed by atoms with E-state index in [1.807, 2.05) is 0 Å². The van der Waals surface area contributed by atoms with Crippen molar-refractivity contribution in [3.63, 3.8) is 0 Å². The number of rotatable bonds is 2. The van der Waals surface area contributed by atoms with Crippen LogP contribution in [0.15, 0.2) is 47.4 Å². The standard InChI is InChI=1S/C13H12N2S2/c16-13-14-10(9-4-1-2-5-9)8-11(15-13)12-6-3-7-17-12/h1,3-8,10H,2H2,(H2,14,15,16). The van der Waals surface area contributed by atoms with Gasteiger partial charge in [-0.05, 0) is 41.7 Å². The minimum absolute atomic E-state index is 0.194. The lowest BCUT2D eigenvalue weighted by atomic mass is 10.1. The monoisotopic (exact) mass is 260 g/mol. The molecule has 3 rings (SSSR count). The minimum atomic E-state index is 0.194. The van der Waals surface area contributed by atoms with Crippen LogP contribution in [0.5, 0.6) is 0 Å². The Hall–Kier alpha value is -1.39. The second-order valence-electron chi connectivity index (χ2n) is 3.98. The Morgan fingerprint density at radius 1 is 1.41 bits per heavy atom. The maximum atomic E-state index is 5.26. The van der Waals surface area contributed by atoms with E-state index in [1.54, 1.807) is 11.3 Å². The molecule has 1 aromatic heterocycles. The average Bonchev–Trinajstić information content (AvgIpc) is 3.02. The highest BCUT2D eigenvalue weighted by Gasteiger charge is 2.20. The van der Waals surface area contributed by atoms with E-state index in [1.165, 1.54) is 10.5 Å². The van der Waals surface area contributed by atoms with Crippen molar-refractivity contribution >= 4 is 34.4 Å². The summed E-state index contributed by atoms with van der Waals surface area (Å²) < 4.78 is 0. The first-order valence-corrected chi connectivity index (χ1v) is 6.81. The third kappa shape index (κ3) is 2.18. The number of thiocarbonyl (C=S) groups is 1. The topological polar surface area (TPSA) is 24.1 Å². The van der Waals surface area contributed by atoms with Gasteiger partial charge in [-0.1, -0.05) is 24.3 Å². The Balaban J connectivity index is 1.93. The van der Waals surface area contributed by atoms with Gasteiger partial charge < -0.3 is 10.6 Å². The molecule has 0 radical (unpaired) electrons. The van der Waals surface area contributed by atoms with Gasteiger partial charge in [0.15, 0.2) is 5.11 Å². The zero-order chi connectivity index (χ0) is 11.7. The van der Waals surface area contributed by atoms with Crippen LogP contribution >= 0.6 is 23.6 Å². The van der Waals surface area contributed by atoms with Crippen LogP contribution in [0.25, 0.3) is 5.70 Å². The van der Waals surface area contributed by atoms with Crippen LogP contribution in [0, 0.1) is 0 Å². The van der Waals surface area contributed by atoms with E-state index < -0.39 is 0 Å². The Morgan fingerprint density at radius 3 is 3.06 bits per heavy atom. The number of hydrogen-bond donors (Lipinski definition) is 2. The van der Waals surface area contributed by atoms with E-state index in [9.17, 15) is 0 Å². The lowest BCUT2D eigenvalue weighted by Crippen LogP contribution is -2.45. The molecule has 0 bridgehead atoms. The van der Waals surface area contributed by atoms with Crippen LogP contribution in [0.3, 0.4) is 0 Å². The number of hydrogen-bond acceptors (Lipinski definition) is 2. The largest absolute Gasteiger partial charge is 0.352 e. The molecular formula is C13H12N2S2. The van der Waals surface area contributed by atoms with Gasteiger partial charge in [0, 0.05) is 0 Å². The summed E-state index contributed by atoms with van der Waals surface area (Å²) in [7, 11) is 0. The molecule has 17 heavy (non-hydrogen) atoms. The summed E-state index contributed by atoms with van der Waals surface area (Å²) >= 11 is 6.98. The maximum absolute atomic E-state index is 5.26. The molecule has 4 heteroatoms. The van der Waals surface area contributed by atoms with Crippen molar-refractivity contribution in [2.75, 3.05) is 0 Å². The Labute approximate surface area is 110 Å². The molecule has 2 heterocycles. The first-order valence-electron chi connectivity index (χ1n) is 5.53. The van der Waals surface area contributed by atoms with Gasteiger partial charge in [-0.15, -0.1) is 11.3 Å². The molecule has 2 nitrogen and oxygen atoms in total. The van der Waals surface area contributed by atoms with Crippen LogP contribution < -0.4 is 10.6 Å². The highest BCUT2D eigenvalue weighted by atomic mass is 32.1. The lowest BCUT2D eigenvalue weighted by molar-refractivity contribution is 0.820. The Bertz CT molecular complexity index is 524. The van der Waals surface area contributed by atoms with Crippen LogP contribution in [-0.2, 0) is 0 Å². The molecule has 0 aromatic carbocycles. The fraction of sp³-hybridized carbons (Fsp3) is 0.154. The molecule has 1 atom stereocenters. The summed E-state index contributed by atoms with van der Waals surface area (Å²) in [5.74, 6) is 0. The zero-order valence-electron chi connectivity index (χ0n) is 9.14. The molecule has 0 saturated carbocycles. The van der Waals surface area contributed by atoms with Gasteiger partial charge in [0.25, 0.3) is 0 Å². The van der Waals surface area contributed by atoms with Crippen LogP contribution in [0.2, 0.25) is 0 Å². The predicted molar refractivity (Wildman–Crippen MR) is 76.8 cm³/mol. The predicted octanol–water partition coefficient (Wildman–Crippen LogP) is 2.82. The highest BCUT2D eigenvalue weighted by Crippen LogP contribution is 2.23. The number of thiophene rings is 1. The van der Waals surface area contributed by atoms with E-state index in [0.29, 0.717) is 5.11 Å². The van der Waals surface area contributed by atoms with Gasteiger partial charge in [-0.25, -0.2) is 0 Å². The third-order valence-corrected chi connectivity index (χ3v) is 3.94. The molecule has 1 aliphatic carbocycles. The molecular weight excluding hydrogens is 248 g/mol. The molecule has 0 amide bonds. The molecule has 0 saturated heterocycles. The van der Waals surface area contributed by atoms with Crippen molar-refractivity contribution in [3.05, 3.63) is 52.3 Å². The normalized spacial score (nSPS) is 22.8. The molecule has 86 valence electrons. The summed E-state index contributed by atoms with van der Waals surface area (Å²) in [4.78, 5) is 1.22. The van der Waals surface area contributed by atoms with Gasteiger partial charge >= 0.3 is 0 Å². The van der Waals surface area contributed by atoms with E-state index in [2.05, 4.69) is 52.5 Å². The molecule has 2 N–H and O–H groups in total. The molecule has 0 spiro atoms. The average molecular weight is 260 g/mol. The van der Waals surface area contributed by atoms with Crippen LogP contribution in [0.1, 0.15) is 11.3 Å². The fourth-order valence-corrected chi connectivity index (χ4v) is 2.96. The summed E-state index contributed by atoms with van der Waals surface area (Å²) in [6.45, 7) is 0. The first kappa shape index (κ1) is 10.7. The fourth-order valence-electron chi connectivity index (χ4n) is 2.01. The molecule has 1 unspecified atom stereocenters. The highest BCUT2D eigenvalue weighted by molar-refractivity contribution is 7.80. The SMILES string of the molecule is S=C1NC(c2cccs2)=CC(C2=CCC=C2)N1. The van der Waals surface area contributed by atoms with Gasteiger partial charge in [0.05, 0.1) is 16.6 Å². The summed E-state index contributed by atoms with van der Waals surface area (Å²) in [6.07, 6.45) is 9.78. The van der Waals surface area contributed by atoms with Crippen molar-refractivity contribution in [3.8, 4) is 0 Å². The summed E-state index contributed by atoms with van der Waals surface area (Å²) in [5.41, 5.74) is 2.40. The second-order valence-corrected chi connectivity index (χ2v) is 5.33. The quantitative estimate of drug-likeness (QED) is 0.800. The van der Waals surface area contributed by atoms with Crippen molar-refractivity contribution in [2.45, 2.75) is 12.5 Å². The summed E-state index contributed by atoms with van der Waals surface area (Å²) in [5, 5.41) is 9.26. The number of allylic oxidation sites excluding steroid dienone is 2.